The zero-order chi connectivity index (χ0) is 11.4. The first kappa shape index (κ1) is 12.3. The fourth-order valence-corrected chi connectivity index (χ4v) is 3.84. The molecule has 2 N–H and O–H groups in total. The minimum absolute atomic E-state index is 0.0631. The lowest BCUT2D eigenvalue weighted by atomic mass is 10.2. The molecule has 6 heteroatoms. The van der Waals surface area contributed by atoms with Crippen molar-refractivity contribution >= 4 is 10.2 Å². The van der Waals surface area contributed by atoms with Gasteiger partial charge >= 0.3 is 0 Å². The number of hydrogen-bond acceptors (Lipinski definition) is 3. The van der Waals surface area contributed by atoms with Gasteiger partial charge in [-0.3, -0.25) is 0 Å². The zero-order valence-electron chi connectivity index (χ0n) is 9.61. The SMILES string of the molecule is O=S(=O)(NC1CCCCNC1)N1CCCC1. The zero-order valence-corrected chi connectivity index (χ0v) is 10.4. The fraction of sp³-hybridized carbons (Fsp3) is 1.00. The number of nitrogens with one attached hydrogen (secondary N) is 2. The summed E-state index contributed by atoms with van der Waals surface area (Å²) in [6.07, 6.45) is 5.16. The lowest BCUT2D eigenvalue weighted by Crippen LogP contribution is -2.47. The van der Waals surface area contributed by atoms with Crippen LogP contribution < -0.4 is 10.0 Å². The molecule has 2 aliphatic rings. The molecule has 2 aliphatic heterocycles. The maximum atomic E-state index is 12.0. The molecule has 1 atom stereocenters. The van der Waals surface area contributed by atoms with Crippen LogP contribution in [-0.4, -0.2) is 44.9 Å². The Hall–Kier alpha value is -0.170. The number of hydrogen-bond donors (Lipinski definition) is 2. The number of rotatable bonds is 3. The average molecular weight is 247 g/mol. The molecule has 2 heterocycles. The summed E-state index contributed by atoms with van der Waals surface area (Å²) in [5.41, 5.74) is 0. The van der Waals surface area contributed by atoms with Crippen LogP contribution in [0.25, 0.3) is 0 Å². The molecule has 16 heavy (non-hydrogen) atoms. The van der Waals surface area contributed by atoms with Crippen molar-refractivity contribution in [2.75, 3.05) is 26.2 Å². The van der Waals surface area contributed by atoms with Gasteiger partial charge in [-0.1, -0.05) is 6.42 Å². The van der Waals surface area contributed by atoms with E-state index in [1.165, 1.54) is 0 Å². The van der Waals surface area contributed by atoms with Crippen molar-refractivity contribution in [1.82, 2.24) is 14.3 Å². The van der Waals surface area contributed by atoms with Crippen molar-refractivity contribution in [3.63, 3.8) is 0 Å². The Morgan fingerprint density at radius 2 is 1.88 bits per heavy atom. The third-order valence-electron chi connectivity index (χ3n) is 3.27. The standard InChI is InChI=1S/C10H21N3O2S/c14-16(15,13-7-3-4-8-13)12-10-5-1-2-6-11-9-10/h10-12H,1-9H2. The first-order valence-electron chi connectivity index (χ1n) is 6.16. The van der Waals surface area contributed by atoms with Gasteiger partial charge in [0.1, 0.15) is 0 Å². The second-order valence-electron chi connectivity index (χ2n) is 4.63. The van der Waals surface area contributed by atoms with Gasteiger partial charge < -0.3 is 5.32 Å². The summed E-state index contributed by atoms with van der Waals surface area (Å²) >= 11 is 0. The summed E-state index contributed by atoms with van der Waals surface area (Å²) in [5, 5.41) is 3.27. The van der Waals surface area contributed by atoms with Crippen LogP contribution in [0.5, 0.6) is 0 Å². The van der Waals surface area contributed by atoms with E-state index in [9.17, 15) is 8.42 Å². The molecule has 0 aliphatic carbocycles. The van der Waals surface area contributed by atoms with Crippen molar-refractivity contribution in [3.05, 3.63) is 0 Å². The molecule has 0 amide bonds. The lowest BCUT2D eigenvalue weighted by Gasteiger charge is -2.21. The van der Waals surface area contributed by atoms with Gasteiger partial charge in [-0.2, -0.15) is 17.4 Å². The molecule has 0 aromatic heterocycles. The average Bonchev–Trinajstić information content (AvgIpc) is 2.67. The molecule has 1 unspecified atom stereocenters. The van der Waals surface area contributed by atoms with Gasteiger partial charge in [0, 0.05) is 25.7 Å². The van der Waals surface area contributed by atoms with Crippen LogP contribution in [0, 0.1) is 0 Å². The largest absolute Gasteiger partial charge is 0.315 e. The predicted octanol–water partition coefficient (Wildman–Crippen LogP) is 0.0587. The Morgan fingerprint density at radius 1 is 1.12 bits per heavy atom. The fourth-order valence-electron chi connectivity index (χ4n) is 2.33. The molecule has 0 bridgehead atoms. The second kappa shape index (κ2) is 5.44. The molecule has 2 fully saturated rings. The first-order valence-corrected chi connectivity index (χ1v) is 7.60. The Labute approximate surface area is 97.8 Å². The molecule has 2 saturated heterocycles. The summed E-state index contributed by atoms with van der Waals surface area (Å²) in [4.78, 5) is 0. The van der Waals surface area contributed by atoms with E-state index in [-0.39, 0.29) is 6.04 Å². The maximum absolute atomic E-state index is 12.0. The van der Waals surface area contributed by atoms with Gasteiger partial charge in [0.05, 0.1) is 0 Å². The molecule has 5 nitrogen and oxygen atoms in total. The van der Waals surface area contributed by atoms with E-state index in [2.05, 4.69) is 10.0 Å². The van der Waals surface area contributed by atoms with E-state index in [1.807, 2.05) is 0 Å². The third kappa shape index (κ3) is 3.16. The molecule has 2 rings (SSSR count). The van der Waals surface area contributed by atoms with Crippen molar-refractivity contribution in [1.29, 1.82) is 0 Å². The molecule has 0 saturated carbocycles. The normalized spacial score (nSPS) is 29.1. The van der Waals surface area contributed by atoms with E-state index < -0.39 is 10.2 Å². The Bertz CT molecular complexity index is 304. The van der Waals surface area contributed by atoms with E-state index in [0.717, 1.165) is 45.2 Å². The van der Waals surface area contributed by atoms with Gasteiger partial charge in [0.25, 0.3) is 10.2 Å². The van der Waals surface area contributed by atoms with Gasteiger partial charge in [0.2, 0.25) is 0 Å². The third-order valence-corrected chi connectivity index (χ3v) is 4.94. The smallest absolute Gasteiger partial charge is 0.279 e. The molecule has 0 radical (unpaired) electrons. The predicted molar refractivity (Wildman–Crippen MR) is 63.4 cm³/mol. The van der Waals surface area contributed by atoms with Gasteiger partial charge in [-0.05, 0) is 32.2 Å². The van der Waals surface area contributed by atoms with Crippen LogP contribution in [-0.2, 0) is 10.2 Å². The highest BCUT2D eigenvalue weighted by Gasteiger charge is 2.27. The summed E-state index contributed by atoms with van der Waals surface area (Å²) < 4.78 is 28.4. The van der Waals surface area contributed by atoms with Gasteiger partial charge in [-0.15, -0.1) is 0 Å². The Morgan fingerprint density at radius 3 is 2.62 bits per heavy atom. The van der Waals surface area contributed by atoms with Crippen molar-refractivity contribution in [2.24, 2.45) is 0 Å². The summed E-state index contributed by atoms with van der Waals surface area (Å²) in [7, 11) is -3.23. The van der Waals surface area contributed by atoms with Crippen LogP contribution >= 0.6 is 0 Å². The molecular formula is C10H21N3O2S. The van der Waals surface area contributed by atoms with E-state index >= 15 is 0 Å². The maximum Gasteiger partial charge on any atom is 0.279 e. The van der Waals surface area contributed by atoms with Crippen LogP contribution in [0.1, 0.15) is 32.1 Å². The highest BCUT2D eigenvalue weighted by Crippen LogP contribution is 2.13. The van der Waals surface area contributed by atoms with Crippen LogP contribution in [0.15, 0.2) is 0 Å². The highest BCUT2D eigenvalue weighted by atomic mass is 32.2. The van der Waals surface area contributed by atoms with E-state index in [4.69, 9.17) is 0 Å². The van der Waals surface area contributed by atoms with Crippen molar-refractivity contribution < 1.29 is 8.42 Å². The Kier molecular flexibility index (Phi) is 4.18. The summed E-state index contributed by atoms with van der Waals surface area (Å²) in [6.45, 7) is 3.11. The Balaban J connectivity index is 1.91. The van der Waals surface area contributed by atoms with E-state index in [0.29, 0.717) is 13.1 Å². The molecule has 94 valence electrons. The minimum Gasteiger partial charge on any atom is -0.315 e. The van der Waals surface area contributed by atoms with Crippen molar-refractivity contribution in [3.8, 4) is 0 Å². The quantitative estimate of drug-likeness (QED) is 0.741. The van der Waals surface area contributed by atoms with Crippen LogP contribution in [0.2, 0.25) is 0 Å². The molecule has 0 spiro atoms. The van der Waals surface area contributed by atoms with Gasteiger partial charge in [-0.25, -0.2) is 0 Å². The highest BCUT2D eigenvalue weighted by molar-refractivity contribution is 7.87. The van der Waals surface area contributed by atoms with E-state index in [1.54, 1.807) is 4.31 Å². The number of nitrogens with zero attached hydrogens (tertiary/aromatic N) is 1. The molecule has 0 aromatic carbocycles. The van der Waals surface area contributed by atoms with Crippen LogP contribution in [0.4, 0.5) is 0 Å². The lowest BCUT2D eigenvalue weighted by molar-refractivity contribution is 0.443. The van der Waals surface area contributed by atoms with Crippen LogP contribution in [0.3, 0.4) is 0 Å². The summed E-state index contributed by atoms with van der Waals surface area (Å²) in [5.74, 6) is 0. The minimum atomic E-state index is -3.23. The first-order chi connectivity index (χ1) is 7.68. The summed E-state index contributed by atoms with van der Waals surface area (Å²) in [6, 6.07) is 0.0631. The van der Waals surface area contributed by atoms with Gasteiger partial charge in [0.15, 0.2) is 0 Å². The topological polar surface area (TPSA) is 61.4 Å². The second-order valence-corrected chi connectivity index (χ2v) is 6.33. The molecule has 0 aromatic rings. The van der Waals surface area contributed by atoms with Crippen molar-refractivity contribution in [2.45, 2.75) is 38.1 Å². The monoisotopic (exact) mass is 247 g/mol. The molecular weight excluding hydrogens is 226 g/mol.